The van der Waals surface area contributed by atoms with Gasteiger partial charge in [-0.25, -0.2) is 0 Å². The average Bonchev–Trinajstić information content (AvgIpc) is 3.19. The molecule has 2 N–H and O–H groups in total. The zero-order chi connectivity index (χ0) is 11.8. The lowest BCUT2D eigenvalue weighted by molar-refractivity contribution is 0.302. The minimum atomic E-state index is 0.158. The van der Waals surface area contributed by atoms with Crippen molar-refractivity contribution in [2.45, 2.75) is 44.8 Å². The van der Waals surface area contributed by atoms with E-state index in [1.807, 2.05) is 6.07 Å². The summed E-state index contributed by atoms with van der Waals surface area (Å²) in [6.07, 6.45) is 5.58. The SMILES string of the molecule is CC(C1CC1)C(N)c1cccc(OC2CC2)c1. The lowest BCUT2D eigenvalue weighted by atomic mass is 9.91. The molecule has 0 bridgehead atoms. The van der Waals surface area contributed by atoms with Gasteiger partial charge in [-0.3, -0.25) is 0 Å². The third-order valence-electron chi connectivity index (χ3n) is 4.00. The molecule has 0 aliphatic heterocycles. The summed E-state index contributed by atoms with van der Waals surface area (Å²) in [5.74, 6) is 2.42. The summed E-state index contributed by atoms with van der Waals surface area (Å²) < 4.78 is 5.82. The molecular formula is C15H21NO. The first-order valence-corrected chi connectivity index (χ1v) is 6.76. The first-order valence-electron chi connectivity index (χ1n) is 6.76. The van der Waals surface area contributed by atoms with Gasteiger partial charge in [0.05, 0.1) is 6.10 Å². The van der Waals surface area contributed by atoms with E-state index >= 15 is 0 Å². The number of hydrogen-bond donors (Lipinski definition) is 1. The number of ether oxygens (including phenoxy) is 1. The summed E-state index contributed by atoms with van der Waals surface area (Å²) in [5, 5.41) is 0. The Labute approximate surface area is 103 Å². The van der Waals surface area contributed by atoms with Gasteiger partial charge in [-0.05, 0) is 55.2 Å². The van der Waals surface area contributed by atoms with E-state index in [0.717, 1.165) is 11.7 Å². The van der Waals surface area contributed by atoms with Gasteiger partial charge in [0.2, 0.25) is 0 Å². The van der Waals surface area contributed by atoms with Crippen molar-refractivity contribution in [3.8, 4) is 5.75 Å². The molecule has 2 nitrogen and oxygen atoms in total. The normalized spacial score (nSPS) is 23.2. The number of benzene rings is 1. The summed E-state index contributed by atoms with van der Waals surface area (Å²) in [6, 6.07) is 8.51. The lowest BCUT2D eigenvalue weighted by Gasteiger charge is -2.20. The Morgan fingerprint density at radius 1 is 1.24 bits per heavy atom. The number of hydrogen-bond acceptors (Lipinski definition) is 2. The highest BCUT2D eigenvalue weighted by Crippen LogP contribution is 2.42. The van der Waals surface area contributed by atoms with Gasteiger partial charge in [-0.2, -0.15) is 0 Å². The maximum atomic E-state index is 6.34. The molecule has 2 fully saturated rings. The molecule has 17 heavy (non-hydrogen) atoms. The van der Waals surface area contributed by atoms with Crippen molar-refractivity contribution in [3.05, 3.63) is 29.8 Å². The molecule has 2 heteroatoms. The number of rotatable bonds is 5. The summed E-state index contributed by atoms with van der Waals surface area (Å²) >= 11 is 0. The summed E-state index contributed by atoms with van der Waals surface area (Å²) in [7, 11) is 0. The minimum absolute atomic E-state index is 0.158. The second-order valence-corrected chi connectivity index (χ2v) is 5.61. The quantitative estimate of drug-likeness (QED) is 0.844. The van der Waals surface area contributed by atoms with Crippen molar-refractivity contribution in [1.29, 1.82) is 0 Å². The Bertz CT molecular complexity index is 396. The molecule has 92 valence electrons. The summed E-state index contributed by atoms with van der Waals surface area (Å²) in [4.78, 5) is 0. The van der Waals surface area contributed by atoms with Crippen molar-refractivity contribution < 1.29 is 4.74 Å². The first-order chi connectivity index (χ1) is 8.24. The van der Waals surface area contributed by atoms with Crippen LogP contribution in [0.1, 0.15) is 44.2 Å². The zero-order valence-electron chi connectivity index (χ0n) is 10.4. The van der Waals surface area contributed by atoms with Crippen LogP contribution in [0.25, 0.3) is 0 Å². The summed E-state index contributed by atoms with van der Waals surface area (Å²) in [6.45, 7) is 2.27. The van der Waals surface area contributed by atoms with Crippen LogP contribution in [-0.2, 0) is 0 Å². The van der Waals surface area contributed by atoms with Gasteiger partial charge < -0.3 is 10.5 Å². The smallest absolute Gasteiger partial charge is 0.120 e. The molecule has 0 aromatic heterocycles. The molecule has 1 aromatic rings. The van der Waals surface area contributed by atoms with E-state index < -0.39 is 0 Å². The molecule has 3 rings (SSSR count). The van der Waals surface area contributed by atoms with Crippen LogP contribution in [0.5, 0.6) is 5.75 Å². The van der Waals surface area contributed by atoms with E-state index in [-0.39, 0.29) is 6.04 Å². The highest BCUT2D eigenvalue weighted by Gasteiger charge is 2.32. The second kappa shape index (κ2) is 4.34. The Kier molecular flexibility index (Phi) is 2.83. The van der Waals surface area contributed by atoms with Crippen LogP contribution >= 0.6 is 0 Å². The molecule has 2 aliphatic carbocycles. The fourth-order valence-corrected chi connectivity index (χ4v) is 2.39. The van der Waals surface area contributed by atoms with E-state index in [2.05, 4.69) is 25.1 Å². The van der Waals surface area contributed by atoms with Crippen LogP contribution in [0.15, 0.2) is 24.3 Å². The predicted octanol–water partition coefficient (Wildman–Crippen LogP) is 3.27. The van der Waals surface area contributed by atoms with Crippen molar-refractivity contribution in [2.75, 3.05) is 0 Å². The molecule has 2 saturated carbocycles. The van der Waals surface area contributed by atoms with E-state index in [1.54, 1.807) is 0 Å². The third kappa shape index (κ3) is 2.63. The fourth-order valence-electron chi connectivity index (χ4n) is 2.39. The molecule has 2 atom stereocenters. The molecule has 0 saturated heterocycles. The summed E-state index contributed by atoms with van der Waals surface area (Å²) in [5.41, 5.74) is 7.56. The molecule has 0 spiro atoms. The molecule has 1 aromatic carbocycles. The first kappa shape index (κ1) is 11.1. The van der Waals surface area contributed by atoms with Gasteiger partial charge in [0.25, 0.3) is 0 Å². The zero-order valence-corrected chi connectivity index (χ0v) is 10.4. The lowest BCUT2D eigenvalue weighted by Crippen LogP contribution is -2.20. The van der Waals surface area contributed by atoms with Crippen LogP contribution in [-0.4, -0.2) is 6.10 Å². The maximum Gasteiger partial charge on any atom is 0.120 e. The molecule has 2 aliphatic rings. The highest BCUT2D eigenvalue weighted by molar-refractivity contribution is 5.31. The third-order valence-corrected chi connectivity index (χ3v) is 4.00. The Morgan fingerprint density at radius 2 is 2.00 bits per heavy atom. The monoisotopic (exact) mass is 231 g/mol. The van der Waals surface area contributed by atoms with E-state index in [4.69, 9.17) is 10.5 Å². The Balaban J connectivity index is 1.71. The van der Waals surface area contributed by atoms with Crippen LogP contribution < -0.4 is 10.5 Å². The standard InChI is InChI=1S/C15H21NO/c1-10(11-5-6-11)15(16)12-3-2-4-14(9-12)17-13-7-8-13/h2-4,9-11,13,15H,5-8,16H2,1H3. The molecule has 0 amide bonds. The van der Waals surface area contributed by atoms with Gasteiger partial charge >= 0.3 is 0 Å². The predicted molar refractivity (Wildman–Crippen MR) is 68.9 cm³/mol. The van der Waals surface area contributed by atoms with Gasteiger partial charge in [0.1, 0.15) is 5.75 Å². The average molecular weight is 231 g/mol. The van der Waals surface area contributed by atoms with Crippen molar-refractivity contribution in [2.24, 2.45) is 17.6 Å². The van der Waals surface area contributed by atoms with Crippen molar-refractivity contribution in [1.82, 2.24) is 0 Å². The second-order valence-electron chi connectivity index (χ2n) is 5.61. The maximum absolute atomic E-state index is 6.34. The van der Waals surface area contributed by atoms with Gasteiger partial charge in [-0.15, -0.1) is 0 Å². The minimum Gasteiger partial charge on any atom is -0.490 e. The van der Waals surface area contributed by atoms with E-state index in [0.29, 0.717) is 12.0 Å². The molecule has 0 heterocycles. The van der Waals surface area contributed by atoms with Crippen LogP contribution in [0.3, 0.4) is 0 Å². The van der Waals surface area contributed by atoms with Gasteiger partial charge in [0.15, 0.2) is 0 Å². The molecule has 2 unspecified atom stereocenters. The van der Waals surface area contributed by atoms with Crippen LogP contribution in [0.2, 0.25) is 0 Å². The highest BCUT2D eigenvalue weighted by atomic mass is 16.5. The Morgan fingerprint density at radius 3 is 2.65 bits per heavy atom. The van der Waals surface area contributed by atoms with Crippen molar-refractivity contribution >= 4 is 0 Å². The van der Waals surface area contributed by atoms with Gasteiger partial charge in [0, 0.05) is 6.04 Å². The van der Waals surface area contributed by atoms with Crippen molar-refractivity contribution in [3.63, 3.8) is 0 Å². The van der Waals surface area contributed by atoms with Gasteiger partial charge in [-0.1, -0.05) is 19.1 Å². The molecule has 0 radical (unpaired) electrons. The largest absolute Gasteiger partial charge is 0.490 e. The van der Waals surface area contributed by atoms with Crippen LogP contribution in [0, 0.1) is 11.8 Å². The topological polar surface area (TPSA) is 35.2 Å². The fraction of sp³-hybridized carbons (Fsp3) is 0.600. The Hall–Kier alpha value is -1.02. The van der Waals surface area contributed by atoms with Crippen LogP contribution in [0.4, 0.5) is 0 Å². The molecular weight excluding hydrogens is 210 g/mol. The number of nitrogens with two attached hydrogens (primary N) is 1. The van der Waals surface area contributed by atoms with E-state index in [9.17, 15) is 0 Å². The van der Waals surface area contributed by atoms with E-state index in [1.165, 1.54) is 31.2 Å².